The Morgan fingerprint density at radius 3 is 2.79 bits per heavy atom. The lowest BCUT2D eigenvalue weighted by atomic mass is 10.0. The van der Waals surface area contributed by atoms with Crippen molar-refractivity contribution in [3.8, 4) is 11.1 Å². The Bertz CT molecular complexity index is 769. The summed E-state index contributed by atoms with van der Waals surface area (Å²) in [7, 11) is 1.75. The summed E-state index contributed by atoms with van der Waals surface area (Å²) in [6.45, 7) is 3.27. The van der Waals surface area contributed by atoms with Crippen LogP contribution in [0.15, 0.2) is 40.2 Å². The number of benzene rings is 1. The first-order chi connectivity index (χ1) is 11.5. The molecule has 0 amide bonds. The molecular formula is C18H22N2O3S. The van der Waals surface area contributed by atoms with Gasteiger partial charge in [-0.3, -0.25) is 4.79 Å². The monoisotopic (exact) mass is 346 g/mol. The van der Waals surface area contributed by atoms with Crippen LogP contribution in [0.3, 0.4) is 0 Å². The minimum absolute atomic E-state index is 0.00678. The fraction of sp³-hybridized carbons (Fsp3) is 0.389. The second-order valence-electron chi connectivity index (χ2n) is 6.19. The highest BCUT2D eigenvalue weighted by molar-refractivity contribution is 7.90. The third kappa shape index (κ3) is 3.50. The number of hydrogen-bond acceptors (Lipinski definition) is 4. The molecule has 2 atom stereocenters. The topological polar surface area (TPSA) is 66.3 Å². The van der Waals surface area contributed by atoms with Crippen LogP contribution in [0.2, 0.25) is 0 Å². The van der Waals surface area contributed by atoms with E-state index in [0.717, 1.165) is 34.7 Å². The maximum absolute atomic E-state index is 12.0. The van der Waals surface area contributed by atoms with E-state index in [4.69, 9.17) is 4.74 Å². The molecule has 0 saturated carbocycles. The van der Waals surface area contributed by atoms with Gasteiger partial charge in [-0.1, -0.05) is 0 Å². The van der Waals surface area contributed by atoms with Crippen molar-refractivity contribution in [3.05, 3.63) is 46.4 Å². The van der Waals surface area contributed by atoms with Gasteiger partial charge in [0, 0.05) is 48.3 Å². The summed E-state index contributed by atoms with van der Waals surface area (Å²) < 4.78 is 18.9. The quantitative estimate of drug-likeness (QED) is 0.863. The van der Waals surface area contributed by atoms with Crippen LogP contribution in [0, 0.1) is 6.92 Å². The van der Waals surface area contributed by atoms with E-state index >= 15 is 0 Å². The summed E-state index contributed by atoms with van der Waals surface area (Å²) in [6, 6.07) is 7.94. The summed E-state index contributed by atoms with van der Waals surface area (Å²) >= 11 is -1.06. The third-order valence-electron chi connectivity index (χ3n) is 4.29. The van der Waals surface area contributed by atoms with Gasteiger partial charge in [-0.25, -0.2) is 0 Å². The molecule has 1 N–H and O–H groups in total. The van der Waals surface area contributed by atoms with E-state index in [0.29, 0.717) is 12.2 Å². The second kappa shape index (κ2) is 7.01. The largest absolute Gasteiger partial charge is 0.612 e. The van der Waals surface area contributed by atoms with Crippen molar-refractivity contribution in [2.75, 3.05) is 24.8 Å². The van der Waals surface area contributed by atoms with E-state index in [2.05, 4.69) is 5.32 Å². The van der Waals surface area contributed by atoms with Crippen molar-refractivity contribution in [1.82, 2.24) is 4.57 Å². The molecule has 128 valence electrons. The zero-order valence-corrected chi connectivity index (χ0v) is 15.0. The maximum atomic E-state index is 12.0. The maximum Gasteiger partial charge on any atom is 0.253 e. The van der Waals surface area contributed by atoms with Crippen LogP contribution in [0.1, 0.15) is 12.0 Å². The first-order valence-electron chi connectivity index (χ1n) is 7.95. The van der Waals surface area contributed by atoms with Gasteiger partial charge in [0.05, 0.1) is 12.6 Å². The number of anilines is 1. The van der Waals surface area contributed by atoms with Gasteiger partial charge in [0.1, 0.15) is 6.26 Å². The average Bonchev–Trinajstić information content (AvgIpc) is 3.05. The summed E-state index contributed by atoms with van der Waals surface area (Å²) in [5, 5.41) is 3.52. The molecule has 0 bridgehead atoms. The number of ether oxygens (including phenoxy) is 1. The molecule has 2 unspecified atom stereocenters. The number of aryl methyl sites for hydroxylation is 2. The number of nitrogens with one attached hydrogen (secondary N) is 1. The Morgan fingerprint density at radius 2 is 2.17 bits per heavy atom. The summed E-state index contributed by atoms with van der Waals surface area (Å²) in [5.41, 5.74) is 3.54. The number of aromatic nitrogens is 1. The van der Waals surface area contributed by atoms with Gasteiger partial charge in [0.15, 0.2) is 4.90 Å². The van der Waals surface area contributed by atoms with E-state index in [1.54, 1.807) is 17.9 Å². The van der Waals surface area contributed by atoms with Gasteiger partial charge in [-0.05, 0) is 42.7 Å². The summed E-state index contributed by atoms with van der Waals surface area (Å²) in [6.07, 6.45) is 4.46. The average molecular weight is 346 g/mol. The number of nitrogens with zero attached hydrogens (tertiary/aromatic N) is 1. The Kier molecular flexibility index (Phi) is 4.99. The first kappa shape index (κ1) is 17.1. The number of rotatable bonds is 4. The fourth-order valence-electron chi connectivity index (χ4n) is 2.96. The first-order valence-corrected chi connectivity index (χ1v) is 9.51. The molecule has 1 aliphatic heterocycles. The molecule has 1 aromatic carbocycles. The molecule has 0 spiro atoms. The van der Waals surface area contributed by atoms with E-state index in [-0.39, 0.29) is 11.6 Å². The van der Waals surface area contributed by atoms with Crippen molar-refractivity contribution in [2.45, 2.75) is 24.3 Å². The van der Waals surface area contributed by atoms with Gasteiger partial charge in [0.2, 0.25) is 0 Å². The van der Waals surface area contributed by atoms with Crippen LogP contribution in [0.25, 0.3) is 11.1 Å². The van der Waals surface area contributed by atoms with Crippen LogP contribution in [0.4, 0.5) is 5.69 Å². The molecule has 6 heteroatoms. The Balaban J connectivity index is 2.08. The lowest BCUT2D eigenvalue weighted by Gasteiger charge is -2.18. The number of pyridine rings is 1. The molecule has 5 nitrogen and oxygen atoms in total. The zero-order valence-electron chi connectivity index (χ0n) is 14.2. The molecular weight excluding hydrogens is 324 g/mol. The van der Waals surface area contributed by atoms with E-state index in [1.807, 2.05) is 37.4 Å². The van der Waals surface area contributed by atoms with Crippen molar-refractivity contribution in [1.29, 1.82) is 0 Å². The number of hydrogen-bond donors (Lipinski definition) is 1. The molecule has 0 aliphatic carbocycles. The van der Waals surface area contributed by atoms with Gasteiger partial charge >= 0.3 is 0 Å². The van der Waals surface area contributed by atoms with Gasteiger partial charge in [0.25, 0.3) is 5.56 Å². The Hall–Kier alpha value is -1.76. The van der Waals surface area contributed by atoms with Crippen LogP contribution in [-0.4, -0.2) is 34.6 Å². The molecule has 0 radical (unpaired) electrons. The molecule has 2 aromatic rings. The Morgan fingerprint density at radius 1 is 1.38 bits per heavy atom. The van der Waals surface area contributed by atoms with Crippen molar-refractivity contribution in [2.24, 2.45) is 7.05 Å². The summed E-state index contributed by atoms with van der Waals surface area (Å²) in [4.78, 5) is 12.7. The van der Waals surface area contributed by atoms with Gasteiger partial charge in [-0.15, -0.1) is 0 Å². The highest BCUT2D eigenvalue weighted by Gasteiger charge is 2.19. The summed E-state index contributed by atoms with van der Waals surface area (Å²) in [5.74, 6) is 0. The third-order valence-corrected chi connectivity index (χ3v) is 5.20. The molecule has 3 rings (SSSR count). The normalized spacial score (nSPS) is 18.6. The zero-order chi connectivity index (χ0) is 17.3. The predicted molar refractivity (Wildman–Crippen MR) is 97.0 cm³/mol. The van der Waals surface area contributed by atoms with Crippen molar-refractivity contribution < 1.29 is 9.29 Å². The predicted octanol–water partition coefficient (Wildman–Crippen LogP) is 2.30. The molecule has 24 heavy (non-hydrogen) atoms. The standard InChI is InChI=1S/C18H22N2O3S/c1-12-8-13(10-20(2)18(12)21)16-9-15(24(3)22)4-5-17(16)19-14-6-7-23-11-14/h4-5,8-10,14,19H,6-7,11H2,1-3H3. The van der Waals surface area contributed by atoms with Crippen LogP contribution in [0.5, 0.6) is 0 Å². The molecule has 1 aromatic heterocycles. The minimum atomic E-state index is -1.06. The highest BCUT2D eigenvalue weighted by atomic mass is 32.2. The Labute approximate surface area is 144 Å². The SMILES string of the molecule is Cc1cc(-c2cc([S+](C)[O-])ccc2NC2CCOC2)cn(C)c1=O. The lowest BCUT2D eigenvalue weighted by Crippen LogP contribution is -2.20. The van der Waals surface area contributed by atoms with E-state index < -0.39 is 11.2 Å². The van der Waals surface area contributed by atoms with Crippen molar-refractivity contribution in [3.63, 3.8) is 0 Å². The van der Waals surface area contributed by atoms with Gasteiger partial charge in [-0.2, -0.15) is 0 Å². The molecule has 2 heterocycles. The lowest BCUT2D eigenvalue weighted by molar-refractivity contribution is 0.195. The van der Waals surface area contributed by atoms with Crippen LogP contribution in [-0.2, 0) is 23.0 Å². The van der Waals surface area contributed by atoms with Gasteiger partial charge < -0.3 is 19.2 Å². The van der Waals surface area contributed by atoms with Crippen LogP contribution >= 0.6 is 0 Å². The smallest absolute Gasteiger partial charge is 0.253 e. The van der Waals surface area contributed by atoms with E-state index in [1.165, 1.54) is 0 Å². The molecule has 1 fully saturated rings. The fourth-order valence-corrected chi connectivity index (χ4v) is 3.50. The van der Waals surface area contributed by atoms with Crippen LogP contribution < -0.4 is 10.9 Å². The van der Waals surface area contributed by atoms with Crippen molar-refractivity contribution >= 4 is 16.9 Å². The molecule has 1 saturated heterocycles. The minimum Gasteiger partial charge on any atom is -0.612 e. The molecule has 1 aliphatic rings. The van der Waals surface area contributed by atoms with E-state index in [9.17, 15) is 9.35 Å². The second-order valence-corrected chi connectivity index (χ2v) is 7.57. The highest BCUT2D eigenvalue weighted by Crippen LogP contribution is 2.31.